The number of esters is 1. The first kappa shape index (κ1) is 15.6. The lowest BCUT2D eigenvalue weighted by atomic mass is 10.2. The summed E-state index contributed by atoms with van der Waals surface area (Å²) in [6, 6.07) is 2.33. The van der Waals surface area contributed by atoms with Crippen LogP contribution in [-0.4, -0.2) is 19.6 Å². The fraction of sp³-hybridized carbons (Fsp3) is 0.308. The van der Waals surface area contributed by atoms with E-state index in [-0.39, 0.29) is 12.2 Å². The molecule has 1 N–H and O–H groups in total. The topological polar surface area (TPSA) is 38.3 Å². The molecule has 1 aromatic rings. The van der Waals surface area contributed by atoms with Crippen molar-refractivity contribution in [2.75, 3.05) is 19.0 Å². The Morgan fingerprint density at radius 2 is 2.00 bits per heavy atom. The average Bonchev–Trinajstić information content (AvgIpc) is 2.36. The standard InChI is InChI=1S/C13H14BrF2NO2/c1-3-8(13(18)19-2)4-5-17-12-10(15)6-9(14)7-11(12)16/h4,6-7,17H,3,5H2,1-2H3. The van der Waals surface area contributed by atoms with Gasteiger partial charge in [-0.25, -0.2) is 13.6 Å². The Morgan fingerprint density at radius 3 is 2.47 bits per heavy atom. The van der Waals surface area contributed by atoms with Crippen molar-refractivity contribution >= 4 is 27.6 Å². The van der Waals surface area contributed by atoms with E-state index in [1.54, 1.807) is 13.0 Å². The van der Waals surface area contributed by atoms with Crippen LogP contribution in [0.5, 0.6) is 0 Å². The molecule has 0 heterocycles. The molecule has 0 saturated carbocycles. The Labute approximate surface area is 118 Å². The van der Waals surface area contributed by atoms with Gasteiger partial charge < -0.3 is 10.1 Å². The first-order valence-electron chi connectivity index (χ1n) is 5.65. The minimum atomic E-state index is -0.698. The van der Waals surface area contributed by atoms with Crippen LogP contribution in [0, 0.1) is 11.6 Å². The number of hydrogen-bond donors (Lipinski definition) is 1. The zero-order valence-corrected chi connectivity index (χ0v) is 12.2. The van der Waals surface area contributed by atoms with Crippen LogP contribution in [0.2, 0.25) is 0 Å². The molecule has 0 aliphatic rings. The van der Waals surface area contributed by atoms with E-state index in [1.165, 1.54) is 7.11 Å². The lowest BCUT2D eigenvalue weighted by molar-refractivity contribution is -0.136. The van der Waals surface area contributed by atoms with Crippen LogP contribution in [0.3, 0.4) is 0 Å². The SMILES string of the molecule is CCC(=CCNc1c(F)cc(Br)cc1F)C(=O)OC. The highest BCUT2D eigenvalue weighted by Gasteiger charge is 2.10. The monoisotopic (exact) mass is 333 g/mol. The van der Waals surface area contributed by atoms with E-state index >= 15 is 0 Å². The van der Waals surface area contributed by atoms with Crippen molar-refractivity contribution < 1.29 is 18.3 Å². The lowest BCUT2D eigenvalue weighted by Crippen LogP contribution is -2.08. The summed E-state index contributed by atoms with van der Waals surface area (Å²) in [5, 5.41) is 2.60. The third-order valence-corrected chi connectivity index (χ3v) is 2.92. The number of carbonyl (C=O) groups is 1. The number of ether oxygens (including phenoxy) is 1. The molecule has 1 rings (SSSR count). The molecule has 1 aromatic carbocycles. The average molecular weight is 334 g/mol. The van der Waals surface area contributed by atoms with E-state index in [4.69, 9.17) is 0 Å². The molecular weight excluding hydrogens is 320 g/mol. The number of nitrogens with one attached hydrogen (secondary N) is 1. The first-order chi connectivity index (χ1) is 8.99. The van der Waals surface area contributed by atoms with Crippen LogP contribution in [0.25, 0.3) is 0 Å². The molecule has 0 aliphatic carbocycles. The Kier molecular flexibility index (Phi) is 5.95. The summed E-state index contributed by atoms with van der Waals surface area (Å²) in [5.74, 6) is -1.84. The van der Waals surface area contributed by atoms with Gasteiger partial charge in [0, 0.05) is 16.6 Å². The molecule has 3 nitrogen and oxygen atoms in total. The van der Waals surface area contributed by atoms with Crippen molar-refractivity contribution in [1.29, 1.82) is 0 Å². The molecule has 104 valence electrons. The summed E-state index contributed by atoms with van der Waals surface area (Å²) in [5.41, 5.74) is 0.229. The van der Waals surface area contributed by atoms with Gasteiger partial charge >= 0.3 is 5.97 Å². The van der Waals surface area contributed by atoms with Gasteiger partial charge in [-0.05, 0) is 18.6 Å². The Balaban J connectivity index is 2.77. The highest BCUT2D eigenvalue weighted by atomic mass is 79.9. The van der Waals surface area contributed by atoms with Crippen LogP contribution in [0.15, 0.2) is 28.3 Å². The number of hydrogen-bond acceptors (Lipinski definition) is 3. The maximum absolute atomic E-state index is 13.5. The Morgan fingerprint density at radius 1 is 1.42 bits per heavy atom. The zero-order valence-electron chi connectivity index (χ0n) is 10.6. The van der Waals surface area contributed by atoms with E-state index in [0.717, 1.165) is 12.1 Å². The van der Waals surface area contributed by atoms with Crippen molar-refractivity contribution in [2.24, 2.45) is 0 Å². The molecule has 0 fully saturated rings. The predicted molar refractivity (Wildman–Crippen MR) is 72.9 cm³/mol. The van der Waals surface area contributed by atoms with Gasteiger partial charge in [-0.1, -0.05) is 28.9 Å². The number of methoxy groups -OCH3 is 1. The van der Waals surface area contributed by atoms with Crippen molar-refractivity contribution in [2.45, 2.75) is 13.3 Å². The minimum absolute atomic E-state index is 0.133. The first-order valence-corrected chi connectivity index (χ1v) is 6.44. The van der Waals surface area contributed by atoms with Gasteiger partial charge in [-0.2, -0.15) is 0 Å². The van der Waals surface area contributed by atoms with E-state index in [0.29, 0.717) is 16.5 Å². The van der Waals surface area contributed by atoms with E-state index in [2.05, 4.69) is 26.0 Å². The number of rotatable bonds is 5. The summed E-state index contributed by atoms with van der Waals surface area (Å²) >= 11 is 3.00. The molecule has 0 aliphatic heterocycles. The van der Waals surface area contributed by atoms with E-state index in [9.17, 15) is 13.6 Å². The second kappa shape index (κ2) is 7.23. The fourth-order valence-electron chi connectivity index (χ4n) is 1.49. The van der Waals surface area contributed by atoms with Crippen molar-refractivity contribution in [1.82, 2.24) is 0 Å². The largest absolute Gasteiger partial charge is 0.466 e. The molecule has 0 atom stereocenters. The Bertz CT molecular complexity index is 480. The molecule has 0 amide bonds. The minimum Gasteiger partial charge on any atom is -0.466 e. The number of halogens is 3. The van der Waals surface area contributed by atoms with Crippen LogP contribution in [-0.2, 0) is 9.53 Å². The highest BCUT2D eigenvalue weighted by molar-refractivity contribution is 9.10. The third-order valence-electron chi connectivity index (χ3n) is 2.46. The second-order valence-corrected chi connectivity index (χ2v) is 4.62. The summed E-state index contributed by atoms with van der Waals surface area (Å²) in [6.07, 6.45) is 2.03. The number of carbonyl (C=O) groups excluding carboxylic acids is 1. The lowest BCUT2D eigenvalue weighted by Gasteiger charge is -2.08. The number of anilines is 1. The molecule has 0 saturated heterocycles. The molecule has 0 spiro atoms. The van der Waals surface area contributed by atoms with Gasteiger partial charge in [0.15, 0.2) is 0 Å². The smallest absolute Gasteiger partial charge is 0.333 e. The van der Waals surface area contributed by atoms with Crippen molar-refractivity contribution in [3.05, 3.63) is 39.9 Å². The van der Waals surface area contributed by atoms with Crippen LogP contribution in [0.1, 0.15) is 13.3 Å². The van der Waals surface area contributed by atoms with Crippen LogP contribution in [0.4, 0.5) is 14.5 Å². The van der Waals surface area contributed by atoms with Gasteiger partial charge in [-0.15, -0.1) is 0 Å². The molecule has 0 radical (unpaired) electrons. The molecule has 0 unspecified atom stereocenters. The van der Waals surface area contributed by atoms with E-state index in [1.807, 2.05) is 0 Å². The second-order valence-electron chi connectivity index (χ2n) is 3.70. The van der Waals surface area contributed by atoms with E-state index < -0.39 is 17.6 Å². The summed E-state index contributed by atoms with van der Waals surface area (Å²) in [6.45, 7) is 1.93. The summed E-state index contributed by atoms with van der Waals surface area (Å²) in [7, 11) is 1.29. The zero-order chi connectivity index (χ0) is 14.4. The van der Waals surface area contributed by atoms with Gasteiger partial charge in [0.05, 0.1) is 7.11 Å². The molecule has 0 bridgehead atoms. The number of benzene rings is 1. The van der Waals surface area contributed by atoms with Gasteiger partial charge in [0.2, 0.25) is 0 Å². The van der Waals surface area contributed by atoms with Gasteiger partial charge in [-0.3, -0.25) is 0 Å². The predicted octanol–water partition coefficient (Wildman–Crippen LogP) is 3.65. The molecule has 19 heavy (non-hydrogen) atoms. The van der Waals surface area contributed by atoms with Gasteiger partial charge in [0.1, 0.15) is 17.3 Å². The molecule has 6 heteroatoms. The Hall–Kier alpha value is -1.43. The third kappa shape index (κ3) is 4.31. The fourth-order valence-corrected chi connectivity index (χ4v) is 1.89. The van der Waals surface area contributed by atoms with Crippen molar-refractivity contribution in [3.63, 3.8) is 0 Å². The van der Waals surface area contributed by atoms with Crippen molar-refractivity contribution in [3.8, 4) is 0 Å². The maximum Gasteiger partial charge on any atom is 0.333 e. The highest BCUT2D eigenvalue weighted by Crippen LogP contribution is 2.23. The van der Waals surface area contributed by atoms with Gasteiger partial charge in [0.25, 0.3) is 0 Å². The molecule has 0 aromatic heterocycles. The maximum atomic E-state index is 13.5. The van der Waals surface area contributed by atoms with Crippen LogP contribution >= 0.6 is 15.9 Å². The van der Waals surface area contributed by atoms with Crippen LogP contribution < -0.4 is 5.32 Å². The molecular formula is C13H14BrF2NO2. The normalized spacial score (nSPS) is 11.3. The summed E-state index contributed by atoms with van der Waals surface area (Å²) in [4.78, 5) is 11.3. The summed E-state index contributed by atoms with van der Waals surface area (Å²) < 4.78 is 31.9. The quantitative estimate of drug-likeness (QED) is 0.660.